The molecule has 0 aliphatic rings. The maximum atomic E-state index is 12.8. The second kappa shape index (κ2) is 7.98. The van der Waals surface area contributed by atoms with E-state index in [9.17, 15) is 4.79 Å². The first-order valence-electron chi connectivity index (χ1n) is 7.38. The number of benzene rings is 2. The molecule has 0 aromatic heterocycles. The normalized spacial score (nSPS) is 10.2. The fraction of sp³-hybridized carbons (Fsp3) is 0.278. The molecule has 0 saturated carbocycles. The highest BCUT2D eigenvalue weighted by molar-refractivity contribution is 6.32. The molecule has 2 rings (SSSR count). The molecule has 0 unspecified atom stereocenters. The number of amides is 1. The molecule has 0 saturated heterocycles. The van der Waals surface area contributed by atoms with Gasteiger partial charge in [0.15, 0.2) is 23.0 Å². The summed E-state index contributed by atoms with van der Waals surface area (Å²) in [6.45, 7) is 0. The molecule has 0 aliphatic heterocycles. The van der Waals surface area contributed by atoms with Gasteiger partial charge in [0.25, 0.3) is 5.91 Å². The van der Waals surface area contributed by atoms with E-state index in [1.54, 1.807) is 44.5 Å². The predicted molar refractivity (Wildman–Crippen MR) is 96.8 cm³/mol. The monoisotopic (exact) mass is 365 g/mol. The summed E-state index contributed by atoms with van der Waals surface area (Å²) in [7, 11) is 7.73. The quantitative estimate of drug-likeness (QED) is 0.782. The van der Waals surface area contributed by atoms with Gasteiger partial charge in [0.1, 0.15) is 0 Å². The first-order valence-corrected chi connectivity index (χ1v) is 7.76. The summed E-state index contributed by atoms with van der Waals surface area (Å²) in [5, 5.41) is 0.297. The van der Waals surface area contributed by atoms with Gasteiger partial charge in [-0.25, -0.2) is 0 Å². The Kier molecular flexibility index (Phi) is 5.98. The fourth-order valence-electron chi connectivity index (χ4n) is 2.39. The molecule has 25 heavy (non-hydrogen) atoms. The highest BCUT2D eigenvalue weighted by atomic mass is 35.5. The van der Waals surface area contributed by atoms with Gasteiger partial charge in [-0.15, -0.1) is 0 Å². The van der Waals surface area contributed by atoms with E-state index >= 15 is 0 Å². The van der Waals surface area contributed by atoms with Crippen molar-refractivity contribution in [1.29, 1.82) is 0 Å². The lowest BCUT2D eigenvalue weighted by molar-refractivity contribution is 0.0992. The van der Waals surface area contributed by atoms with Gasteiger partial charge in [-0.2, -0.15) is 0 Å². The molecular formula is C18H20ClNO5. The second-order valence-corrected chi connectivity index (χ2v) is 5.50. The SMILES string of the molecule is COc1ccc(N(C)C(=O)c2cc(Cl)c(OC)c(OC)c2)cc1OC. The number of carbonyl (C=O) groups is 1. The van der Waals surface area contributed by atoms with Crippen molar-refractivity contribution >= 4 is 23.2 Å². The third kappa shape index (κ3) is 3.74. The van der Waals surface area contributed by atoms with Crippen LogP contribution in [0.2, 0.25) is 5.02 Å². The van der Waals surface area contributed by atoms with Crippen molar-refractivity contribution in [3.63, 3.8) is 0 Å². The van der Waals surface area contributed by atoms with Crippen LogP contribution in [0.15, 0.2) is 30.3 Å². The topological polar surface area (TPSA) is 57.2 Å². The minimum absolute atomic E-state index is 0.255. The Morgan fingerprint density at radius 3 is 2.08 bits per heavy atom. The molecule has 0 atom stereocenters. The molecular weight excluding hydrogens is 346 g/mol. The molecule has 2 aromatic carbocycles. The summed E-state index contributed by atoms with van der Waals surface area (Å²) in [5.74, 6) is 1.63. The standard InChI is InChI=1S/C18H20ClNO5/c1-20(12-6-7-14(22-2)15(10-12)23-3)18(21)11-8-13(19)17(25-5)16(9-11)24-4/h6-10H,1-5H3. The van der Waals surface area contributed by atoms with E-state index in [0.29, 0.717) is 39.3 Å². The van der Waals surface area contributed by atoms with Gasteiger partial charge in [0.2, 0.25) is 0 Å². The molecule has 0 bridgehead atoms. The van der Waals surface area contributed by atoms with Crippen LogP contribution < -0.4 is 23.8 Å². The summed E-state index contributed by atoms with van der Waals surface area (Å²) in [6, 6.07) is 8.35. The summed E-state index contributed by atoms with van der Waals surface area (Å²) in [4.78, 5) is 14.3. The average Bonchev–Trinajstić information content (AvgIpc) is 2.65. The maximum Gasteiger partial charge on any atom is 0.258 e. The lowest BCUT2D eigenvalue weighted by Crippen LogP contribution is -2.26. The zero-order chi connectivity index (χ0) is 18.6. The van der Waals surface area contributed by atoms with Gasteiger partial charge < -0.3 is 23.8 Å². The number of nitrogens with zero attached hydrogens (tertiary/aromatic N) is 1. The molecule has 0 N–H and O–H groups in total. The molecule has 0 radical (unpaired) electrons. The molecule has 1 amide bonds. The summed E-state index contributed by atoms with van der Waals surface area (Å²) in [6.07, 6.45) is 0. The number of methoxy groups -OCH3 is 4. The lowest BCUT2D eigenvalue weighted by Gasteiger charge is -2.20. The van der Waals surface area contributed by atoms with Crippen molar-refractivity contribution in [2.24, 2.45) is 0 Å². The molecule has 0 fully saturated rings. The van der Waals surface area contributed by atoms with E-state index in [4.69, 9.17) is 30.5 Å². The molecule has 0 aliphatic carbocycles. The minimum Gasteiger partial charge on any atom is -0.493 e. The number of halogens is 1. The third-order valence-electron chi connectivity index (χ3n) is 3.74. The summed E-state index contributed by atoms with van der Waals surface area (Å²) < 4.78 is 20.9. The van der Waals surface area contributed by atoms with Crippen molar-refractivity contribution in [1.82, 2.24) is 0 Å². The third-order valence-corrected chi connectivity index (χ3v) is 4.02. The number of hydrogen-bond donors (Lipinski definition) is 0. The van der Waals surface area contributed by atoms with Crippen molar-refractivity contribution in [2.45, 2.75) is 0 Å². The first-order chi connectivity index (χ1) is 12.0. The lowest BCUT2D eigenvalue weighted by atomic mass is 10.1. The maximum absolute atomic E-state index is 12.8. The Labute approximate surface area is 151 Å². The van der Waals surface area contributed by atoms with E-state index in [1.165, 1.54) is 26.2 Å². The Morgan fingerprint density at radius 1 is 0.880 bits per heavy atom. The van der Waals surface area contributed by atoms with Gasteiger partial charge in [-0.1, -0.05) is 11.6 Å². The zero-order valence-electron chi connectivity index (χ0n) is 14.8. The summed E-state index contributed by atoms with van der Waals surface area (Å²) in [5.41, 5.74) is 1.02. The van der Waals surface area contributed by atoms with E-state index in [0.717, 1.165) is 0 Å². The van der Waals surface area contributed by atoms with Crippen LogP contribution in [0.3, 0.4) is 0 Å². The highest BCUT2D eigenvalue weighted by Gasteiger charge is 2.20. The minimum atomic E-state index is -0.255. The number of carbonyl (C=O) groups excluding carboxylic acids is 1. The number of anilines is 1. The molecule has 134 valence electrons. The predicted octanol–water partition coefficient (Wildman–Crippen LogP) is 3.65. The number of rotatable bonds is 6. The van der Waals surface area contributed by atoms with E-state index in [2.05, 4.69) is 0 Å². The second-order valence-electron chi connectivity index (χ2n) is 5.10. The van der Waals surface area contributed by atoms with Gasteiger partial charge in [-0.3, -0.25) is 4.79 Å². The van der Waals surface area contributed by atoms with Crippen molar-refractivity contribution in [3.05, 3.63) is 40.9 Å². The van der Waals surface area contributed by atoms with Crippen LogP contribution in [-0.2, 0) is 0 Å². The Hall–Kier alpha value is -2.60. The van der Waals surface area contributed by atoms with Crippen LogP contribution in [0, 0.1) is 0 Å². The van der Waals surface area contributed by atoms with E-state index < -0.39 is 0 Å². The van der Waals surface area contributed by atoms with Crippen LogP contribution >= 0.6 is 11.6 Å². The van der Waals surface area contributed by atoms with Crippen molar-refractivity contribution in [3.8, 4) is 23.0 Å². The van der Waals surface area contributed by atoms with Gasteiger partial charge in [0.05, 0.1) is 33.5 Å². The molecule has 2 aromatic rings. The van der Waals surface area contributed by atoms with Gasteiger partial charge in [-0.05, 0) is 24.3 Å². The summed E-state index contributed by atoms with van der Waals surface area (Å²) >= 11 is 6.18. The van der Waals surface area contributed by atoms with Crippen LogP contribution in [-0.4, -0.2) is 41.4 Å². The number of hydrogen-bond acceptors (Lipinski definition) is 5. The highest BCUT2D eigenvalue weighted by Crippen LogP contribution is 2.37. The molecule has 6 nitrogen and oxygen atoms in total. The van der Waals surface area contributed by atoms with E-state index in [1.807, 2.05) is 0 Å². The Morgan fingerprint density at radius 2 is 1.52 bits per heavy atom. The zero-order valence-corrected chi connectivity index (χ0v) is 15.5. The van der Waals surface area contributed by atoms with Crippen LogP contribution in [0.4, 0.5) is 5.69 Å². The van der Waals surface area contributed by atoms with Crippen molar-refractivity contribution < 1.29 is 23.7 Å². The smallest absolute Gasteiger partial charge is 0.258 e. The van der Waals surface area contributed by atoms with Crippen LogP contribution in [0.25, 0.3) is 0 Å². The van der Waals surface area contributed by atoms with Gasteiger partial charge in [0, 0.05) is 24.4 Å². The van der Waals surface area contributed by atoms with Crippen LogP contribution in [0.1, 0.15) is 10.4 Å². The molecule has 0 heterocycles. The largest absolute Gasteiger partial charge is 0.493 e. The number of ether oxygens (including phenoxy) is 4. The first kappa shape index (κ1) is 18.7. The van der Waals surface area contributed by atoms with Crippen molar-refractivity contribution in [2.75, 3.05) is 40.4 Å². The molecule has 0 spiro atoms. The Bertz CT molecular complexity index is 778. The van der Waals surface area contributed by atoms with E-state index in [-0.39, 0.29) is 5.91 Å². The Balaban J connectivity index is 2.39. The van der Waals surface area contributed by atoms with Gasteiger partial charge >= 0.3 is 0 Å². The molecule has 7 heteroatoms. The van der Waals surface area contributed by atoms with Crippen LogP contribution in [0.5, 0.6) is 23.0 Å². The fourth-order valence-corrected chi connectivity index (χ4v) is 2.67. The average molecular weight is 366 g/mol.